The van der Waals surface area contributed by atoms with Gasteiger partial charge in [-0.3, -0.25) is 0 Å². The van der Waals surface area contributed by atoms with Gasteiger partial charge in [-0.05, 0) is 49.2 Å². The first-order valence-corrected chi connectivity index (χ1v) is 5.78. The van der Waals surface area contributed by atoms with E-state index in [2.05, 4.69) is 41.9 Å². The van der Waals surface area contributed by atoms with Crippen molar-refractivity contribution in [3.63, 3.8) is 0 Å². The van der Waals surface area contributed by atoms with Gasteiger partial charge in [0.15, 0.2) is 0 Å². The van der Waals surface area contributed by atoms with Crippen LogP contribution in [0.4, 0.5) is 11.4 Å². The molecule has 0 unspecified atom stereocenters. The minimum absolute atomic E-state index is 0.438. The molecule has 2 aromatic rings. The zero-order chi connectivity index (χ0) is 13.1. The molecule has 0 amide bonds. The predicted molar refractivity (Wildman–Crippen MR) is 72.9 cm³/mol. The summed E-state index contributed by atoms with van der Waals surface area (Å²) in [6.45, 7) is 4.17. The van der Waals surface area contributed by atoms with E-state index in [1.807, 2.05) is 19.2 Å². The minimum atomic E-state index is 0.438. The molecule has 0 saturated carbocycles. The van der Waals surface area contributed by atoms with Crippen LogP contribution in [0.5, 0.6) is 0 Å². The van der Waals surface area contributed by atoms with E-state index in [1.54, 1.807) is 12.3 Å². The maximum absolute atomic E-state index is 8.73. The summed E-state index contributed by atoms with van der Waals surface area (Å²) in [7, 11) is 2.00. The Labute approximate surface area is 107 Å². The van der Waals surface area contributed by atoms with Crippen LogP contribution in [0, 0.1) is 25.2 Å². The molecule has 0 aliphatic heterocycles. The highest BCUT2D eigenvalue weighted by molar-refractivity contribution is 5.63. The van der Waals surface area contributed by atoms with Crippen LogP contribution in [0.15, 0.2) is 36.5 Å². The van der Waals surface area contributed by atoms with E-state index in [0.29, 0.717) is 5.69 Å². The lowest BCUT2D eigenvalue weighted by Gasteiger charge is -2.20. The van der Waals surface area contributed by atoms with E-state index < -0.39 is 0 Å². The van der Waals surface area contributed by atoms with Gasteiger partial charge < -0.3 is 4.90 Å². The highest BCUT2D eigenvalue weighted by Gasteiger charge is 2.05. The molecular formula is C15H15N3. The molecule has 0 aliphatic rings. The van der Waals surface area contributed by atoms with Crippen molar-refractivity contribution in [3.8, 4) is 6.07 Å². The van der Waals surface area contributed by atoms with Crippen LogP contribution in [-0.4, -0.2) is 12.0 Å². The molecule has 2 rings (SSSR count). The monoisotopic (exact) mass is 237 g/mol. The van der Waals surface area contributed by atoms with E-state index in [4.69, 9.17) is 5.26 Å². The van der Waals surface area contributed by atoms with Gasteiger partial charge in [-0.1, -0.05) is 6.07 Å². The molecule has 0 atom stereocenters. The lowest BCUT2D eigenvalue weighted by atomic mass is 10.1. The molecule has 1 aromatic carbocycles. The van der Waals surface area contributed by atoms with Gasteiger partial charge in [-0.25, -0.2) is 4.98 Å². The number of anilines is 2. The fraction of sp³-hybridized carbons (Fsp3) is 0.200. The van der Waals surface area contributed by atoms with Gasteiger partial charge in [0, 0.05) is 12.7 Å². The number of rotatable bonds is 2. The maximum atomic E-state index is 8.73. The second kappa shape index (κ2) is 4.89. The molecule has 0 fully saturated rings. The lowest BCUT2D eigenvalue weighted by Crippen LogP contribution is -2.10. The number of hydrogen-bond donors (Lipinski definition) is 0. The van der Waals surface area contributed by atoms with Crippen LogP contribution in [0.2, 0.25) is 0 Å². The van der Waals surface area contributed by atoms with Crippen LogP contribution in [-0.2, 0) is 0 Å². The van der Waals surface area contributed by atoms with Crippen LogP contribution < -0.4 is 4.90 Å². The van der Waals surface area contributed by atoms with Crippen molar-refractivity contribution in [2.24, 2.45) is 0 Å². The van der Waals surface area contributed by atoms with Crippen LogP contribution in [0.25, 0.3) is 0 Å². The first kappa shape index (κ1) is 12.1. The van der Waals surface area contributed by atoms with Crippen molar-refractivity contribution in [2.75, 3.05) is 11.9 Å². The van der Waals surface area contributed by atoms with Crippen LogP contribution >= 0.6 is 0 Å². The topological polar surface area (TPSA) is 39.9 Å². The summed E-state index contributed by atoms with van der Waals surface area (Å²) < 4.78 is 0. The predicted octanol–water partition coefficient (Wildman–Crippen LogP) is 3.34. The summed E-state index contributed by atoms with van der Waals surface area (Å²) in [4.78, 5) is 6.15. The quantitative estimate of drug-likeness (QED) is 0.804. The van der Waals surface area contributed by atoms with Gasteiger partial charge in [-0.15, -0.1) is 0 Å². The highest BCUT2D eigenvalue weighted by atomic mass is 15.1. The molecule has 0 aliphatic carbocycles. The van der Waals surface area contributed by atoms with Gasteiger partial charge in [0.05, 0.1) is 11.9 Å². The van der Waals surface area contributed by atoms with Gasteiger partial charge in [-0.2, -0.15) is 5.26 Å². The maximum Gasteiger partial charge on any atom is 0.140 e. The number of aromatic nitrogens is 1. The molecule has 0 radical (unpaired) electrons. The normalized spacial score (nSPS) is 9.89. The molecule has 0 N–H and O–H groups in total. The van der Waals surface area contributed by atoms with E-state index in [1.165, 1.54) is 11.1 Å². The molecule has 18 heavy (non-hydrogen) atoms. The number of aryl methyl sites for hydroxylation is 2. The fourth-order valence-electron chi connectivity index (χ4n) is 1.94. The zero-order valence-electron chi connectivity index (χ0n) is 10.8. The summed E-state index contributed by atoms with van der Waals surface area (Å²) >= 11 is 0. The Kier molecular flexibility index (Phi) is 3.29. The average Bonchev–Trinajstić information content (AvgIpc) is 2.37. The molecule has 1 heterocycles. The van der Waals surface area contributed by atoms with Crippen molar-refractivity contribution in [1.82, 2.24) is 4.98 Å². The number of benzene rings is 1. The molecule has 3 heteroatoms. The zero-order valence-corrected chi connectivity index (χ0v) is 10.8. The van der Waals surface area contributed by atoms with Crippen LogP contribution in [0.3, 0.4) is 0 Å². The summed E-state index contributed by atoms with van der Waals surface area (Å²) in [5.74, 6) is 0. The highest BCUT2D eigenvalue weighted by Crippen LogP contribution is 2.24. The Morgan fingerprint density at radius 2 is 1.72 bits per heavy atom. The number of hydrogen-bond acceptors (Lipinski definition) is 3. The van der Waals surface area contributed by atoms with Crippen molar-refractivity contribution < 1.29 is 0 Å². The number of pyridine rings is 1. The number of nitriles is 1. The minimum Gasteiger partial charge on any atom is -0.343 e. The standard InChI is InChI=1S/C15H15N3/c1-11-6-12(2)8-15(7-11)18(3)14-5-4-13(9-16)17-10-14/h4-8,10H,1-3H3. The van der Waals surface area contributed by atoms with Crippen molar-refractivity contribution in [2.45, 2.75) is 13.8 Å². The SMILES string of the molecule is Cc1cc(C)cc(N(C)c2ccc(C#N)nc2)c1. The Bertz CT molecular complexity index is 574. The molecule has 0 saturated heterocycles. The third-order valence-corrected chi connectivity index (χ3v) is 2.84. The van der Waals surface area contributed by atoms with Crippen LogP contribution in [0.1, 0.15) is 16.8 Å². The van der Waals surface area contributed by atoms with E-state index in [-0.39, 0.29) is 0 Å². The average molecular weight is 237 g/mol. The third-order valence-electron chi connectivity index (χ3n) is 2.84. The molecule has 1 aromatic heterocycles. The smallest absolute Gasteiger partial charge is 0.140 e. The third kappa shape index (κ3) is 2.49. The Hall–Kier alpha value is -2.34. The summed E-state index contributed by atoms with van der Waals surface area (Å²) in [6, 6.07) is 12.1. The van der Waals surface area contributed by atoms with E-state index in [9.17, 15) is 0 Å². The Balaban J connectivity index is 2.35. The van der Waals surface area contributed by atoms with Crippen molar-refractivity contribution >= 4 is 11.4 Å². The van der Waals surface area contributed by atoms with Gasteiger partial charge >= 0.3 is 0 Å². The van der Waals surface area contributed by atoms with Gasteiger partial charge in [0.2, 0.25) is 0 Å². The fourth-order valence-corrected chi connectivity index (χ4v) is 1.94. The first-order valence-electron chi connectivity index (χ1n) is 5.78. The molecule has 3 nitrogen and oxygen atoms in total. The summed E-state index contributed by atoms with van der Waals surface area (Å²) in [6.07, 6.45) is 1.72. The molecule has 0 bridgehead atoms. The lowest BCUT2D eigenvalue weighted by molar-refractivity contribution is 1.15. The van der Waals surface area contributed by atoms with Crippen molar-refractivity contribution in [3.05, 3.63) is 53.3 Å². The molecule has 0 spiro atoms. The Morgan fingerprint density at radius 1 is 1.06 bits per heavy atom. The van der Waals surface area contributed by atoms with Gasteiger partial charge in [0.1, 0.15) is 11.8 Å². The van der Waals surface area contributed by atoms with E-state index in [0.717, 1.165) is 11.4 Å². The number of nitrogens with zero attached hydrogens (tertiary/aromatic N) is 3. The van der Waals surface area contributed by atoms with E-state index >= 15 is 0 Å². The molecular weight excluding hydrogens is 222 g/mol. The second-order valence-electron chi connectivity index (χ2n) is 4.42. The summed E-state index contributed by atoms with van der Waals surface area (Å²) in [5, 5.41) is 8.73. The van der Waals surface area contributed by atoms with Crippen molar-refractivity contribution in [1.29, 1.82) is 5.26 Å². The first-order chi connectivity index (χ1) is 8.60. The van der Waals surface area contributed by atoms with Gasteiger partial charge in [0.25, 0.3) is 0 Å². The molecule has 90 valence electrons. The second-order valence-corrected chi connectivity index (χ2v) is 4.42. The largest absolute Gasteiger partial charge is 0.343 e. The Morgan fingerprint density at radius 3 is 2.22 bits per heavy atom. The summed E-state index contributed by atoms with van der Waals surface area (Å²) in [5.41, 5.74) is 5.00.